The summed E-state index contributed by atoms with van der Waals surface area (Å²) in [7, 11) is 1.29. The molecule has 0 spiro atoms. The molecule has 0 saturated carbocycles. The second-order valence-corrected chi connectivity index (χ2v) is 10.4. The molecule has 0 fully saturated rings. The fraction of sp³-hybridized carbons (Fsp3) is 0.500. The molecule has 2 aromatic heterocycles. The van der Waals surface area contributed by atoms with Crippen LogP contribution in [0.1, 0.15) is 60.6 Å². The van der Waals surface area contributed by atoms with Gasteiger partial charge in [-0.15, -0.1) is 0 Å². The number of aromatic nitrogens is 3. The first kappa shape index (κ1) is 28.5. The van der Waals surface area contributed by atoms with Gasteiger partial charge in [-0.2, -0.15) is 0 Å². The number of methoxy groups -OCH3 is 1. The van der Waals surface area contributed by atoms with Crippen molar-refractivity contribution in [2.75, 3.05) is 13.7 Å². The van der Waals surface area contributed by atoms with Crippen LogP contribution in [-0.4, -0.2) is 62.4 Å². The zero-order valence-corrected chi connectivity index (χ0v) is 22.3. The van der Waals surface area contributed by atoms with Crippen LogP contribution in [-0.2, 0) is 19.0 Å². The number of pyridine rings is 1. The molecule has 0 aliphatic heterocycles. The Morgan fingerprint density at radius 1 is 1.03 bits per heavy atom. The summed E-state index contributed by atoms with van der Waals surface area (Å²) in [6.07, 6.45) is 5.35. The van der Waals surface area contributed by atoms with Crippen LogP contribution in [0.5, 0.6) is 0 Å². The topological polar surface area (TPSA) is 113 Å². The van der Waals surface area contributed by atoms with Gasteiger partial charge in [0.25, 0.3) is 0 Å². The average molecular weight is 501 g/mol. The Morgan fingerprint density at radius 3 is 2.14 bits per heavy atom. The van der Waals surface area contributed by atoms with E-state index in [-0.39, 0.29) is 18.0 Å². The minimum Gasteiger partial charge on any atom is -0.465 e. The van der Waals surface area contributed by atoms with Crippen molar-refractivity contribution < 1.29 is 28.6 Å². The first-order chi connectivity index (χ1) is 16.7. The largest absolute Gasteiger partial charge is 0.465 e. The molecule has 2 rings (SSSR count). The molecular formula is C26H36N4O6. The van der Waals surface area contributed by atoms with Crippen molar-refractivity contribution in [3.05, 3.63) is 48.7 Å². The smallest absolute Gasteiger partial charge is 0.419 e. The first-order valence-corrected chi connectivity index (χ1v) is 11.7. The number of imide groups is 1. The molecule has 2 amide bonds. The maximum atomic E-state index is 12.8. The van der Waals surface area contributed by atoms with E-state index in [2.05, 4.69) is 9.97 Å². The SMILES string of the molecule is COC(=O)/C(=C\C[C@H](C)CN(C(=O)OC(C)(C)C)C(=O)OC(C)(C)C)c1cn(-c2ccccn2)cn1. The molecule has 0 radical (unpaired) electrons. The summed E-state index contributed by atoms with van der Waals surface area (Å²) in [6, 6.07) is 5.47. The summed E-state index contributed by atoms with van der Waals surface area (Å²) >= 11 is 0. The number of esters is 1. The number of nitrogens with zero attached hydrogens (tertiary/aromatic N) is 4. The monoisotopic (exact) mass is 500 g/mol. The second-order valence-electron chi connectivity index (χ2n) is 10.4. The van der Waals surface area contributed by atoms with Crippen molar-refractivity contribution in [2.24, 2.45) is 5.92 Å². The van der Waals surface area contributed by atoms with Gasteiger partial charge in [-0.05, 0) is 66.0 Å². The first-order valence-electron chi connectivity index (χ1n) is 11.7. The van der Waals surface area contributed by atoms with Gasteiger partial charge in [0.05, 0.1) is 18.4 Å². The fourth-order valence-corrected chi connectivity index (χ4v) is 3.06. The van der Waals surface area contributed by atoms with Crippen LogP contribution in [0.2, 0.25) is 0 Å². The molecule has 0 saturated heterocycles. The highest BCUT2D eigenvalue weighted by atomic mass is 16.6. The zero-order valence-electron chi connectivity index (χ0n) is 22.3. The Balaban J connectivity index is 2.23. The molecule has 0 aromatic carbocycles. The lowest BCUT2D eigenvalue weighted by Crippen LogP contribution is -2.45. The lowest BCUT2D eigenvalue weighted by Gasteiger charge is -2.29. The number of ether oxygens (including phenoxy) is 3. The standard InChI is InChI=1S/C26H36N4O6/c1-18(15-30(23(32)35-25(2,3)4)24(33)36-26(5,6)7)12-13-19(22(31)34-8)20-16-29(17-28-20)21-11-9-10-14-27-21/h9-11,13-14,16-18H,12,15H2,1-8H3/b19-13-/t18-/m0/s1. The van der Waals surface area contributed by atoms with Crippen LogP contribution in [0.25, 0.3) is 11.4 Å². The predicted molar refractivity (Wildman–Crippen MR) is 134 cm³/mol. The van der Waals surface area contributed by atoms with Crippen molar-refractivity contribution in [3.8, 4) is 5.82 Å². The van der Waals surface area contributed by atoms with E-state index in [0.717, 1.165) is 4.90 Å². The summed E-state index contributed by atoms with van der Waals surface area (Å²) in [4.78, 5) is 47.6. The second kappa shape index (κ2) is 11.8. The number of hydrogen-bond donors (Lipinski definition) is 0. The van der Waals surface area contributed by atoms with Gasteiger partial charge in [0, 0.05) is 18.9 Å². The van der Waals surface area contributed by atoms with Crippen LogP contribution in [0.15, 0.2) is 43.0 Å². The number of amides is 2. The molecule has 0 aliphatic rings. The van der Waals surface area contributed by atoms with Crippen LogP contribution >= 0.6 is 0 Å². The summed E-state index contributed by atoms with van der Waals surface area (Å²) in [5.74, 6) is -0.133. The quantitative estimate of drug-likeness (QED) is 0.296. The fourth-order valence-electron chi connectivity index (χ4n) is 3.06. The Hall–Kier alpha value is -3.69. The predicted octanol–water partition coefficient (Wildman–Crippen LogP) is 5.02. The Bertz CT molecular complexity index is 1050. The molecule has 2 heterocycles. The van der Waals surface area contributed by atoms with Crippen molar-refractivity contribution in [3.63, 3.8) is 0 Å². The number of allylic oxidation sites excluding steroid dienone is 1. The molecule has 0 bridgehead atoms. The van der Waals surface area contributed by atoms with Crippen LogP contribution < -0.4 is 0 Å². The van der Waals surface area contributed by atoms with Crippen LogP contribution in [0.3, 0.4) is 0 Å². The van der Waals surface area contributed by atoms with Crippen molar-refractivity contribution >= 4 is 23.7 Å². The lowest BCUT2D eigenvalue weighted by atomic mass is 10.0. The van der Waals surface area contributed by atoms with Gasteiger partial charge in [0.1, 0.15) is 23.3 Å². The Labute approximate surface area is 212 Å². The van der Waals surface area contributed by atoms with Crippen molar-refractivity contribution in [2.45, 2.75) is 66.1 Å². The number of carbonyl (C=O) groups excluding carboxylic acids is 3. The van der Waals surface area contributed by atoms with Crippen molar-refractivity contribution in [1.82, 2.24) is 19.4 Å². The molecule has 10 nitrogen and oxygen atoms in total. The van der Waals surface area contributed by atoms with Gasteiger partial charge >= 0.3 is 18.2 Å². The maximum absolute atomic E-state index is 12.8. The molecule has 0 aliphatic carbocycles. The highest BCUT2D eigenvalue weighted by Crippen LogP contribution is 2.21. The zero-order chi connectivity index (χ0) is 27.1. The maximum Gasteiger partial charge on any atom is 0.419 e. The normalized spacial score (nSPS) is 13.1. The lowest BCUT2D eigenvalue weighted by molar-refractivity contribution is -0.133. The van der Waals surface area contributed by atoms with Crippen LogP contribution in [0.4, 0.5) is 9.59 Å². The molecule has 196 valence electrons. The summed E-state index contributed by atoms with van der Waals surface area (Å²) in [6.45, 7) is 12.2. The van der Waals surface area contributed by atoms with Gasteiger partial charge in [0.15, 0.2) is 0 Å². The van der Waals surface area contributed by atoms with E-state index < -0.39 is 29.4 Å². The van der Waals surface area contributed by atoms with Crippen LogP contribution in [0, 0.1) is 5.92 Å². The molecule has 0 unspecified atom stereocenters. The average Bonchev–Trinajstić information content (AvgIpc) is 3.25. The highest BCUT2D eigenvalue weighted by molar-refractivity contribution is 6.15. The summed E-state index contributed by atoms with van der Waals surface area (Å²) in [5.41, 5.74) is -0.897. The van der Waals surface area contributed by atoms with E-state index >= 15 is 0 Å². The van der Waals surface area contributed by atoms with Crippen molar-refractivity contribution in [1.29, 1.82) is 0 Å². The highest BCUT2D eigenvalue weighted by Gasteiger charge is 2.32. The van der Waals surface area contributed by atoms with E-state index in [1.165, 1.54) is 7.11 Å². The third kappa shape index (κ3) is 8.83. The Morgan fingerprint density at radius 2 is 1.64 bits per heavy atom. The molecule has 1 atom stereocenters. The number of carbonyl (C=O) groups is 3. The third-order valence-electron chi connectivity index (χ3n) is 4.62. The minimum atomic E-state index is -0.796. The van der Waals surface area contributed by atoms with E-state index in [4.69, 9.17) is 14.2 Å². The molecule has 0 N–H and O–H groups in total. The van der Waals surface area contributed by atoms with Gasteiger partial charge in [-0.1, -0.05) is 19.1 Å². The molecule has 36 heavy (non-hydrogen) atoms. The molecular weight excluding hydrogens is 464 g/mol. The number of imidazole rings is 1. The third-order valence-corrected chi connectivity index (χ3v) is 4.62. The summed E-state index contributed by atoms with van der Waals surface area (Å²) in [5, 5.41) is 0. The van der Waals surface area contributed by atoms with Gasteiger partial charge in [-0.25, -0.2) is 29.3 Å². The van der Waals surface area contributed by atoms with E-state index in [1.54, 1.807) is 77.0 Å². The molecule has 2 aromatic rings. The van der Waals surface area contributed by atoms with E-state index in [0.29, 0.717) is 17.9 Å². The van der Waals surface area contributed by atoms with E-state index in [9.17, 15) is 14.4 Å². The van der Waals surface area contributed by atoms with Gasteiger partial charge < -0.3 is 14.2 Å². The molecule has 10 heteroatoms. The Kier molecular flexibility index (Phi) is 9.38. The summed E-state index contributed by atoms with van der Waals surface area (Å²) < 4.78 is 17.5. The van der Waals surface area contributed by atoms with Gasteiger partial charge in [-0.3, -0.25) is 4.57 Å². The minimum absolute atomic E-state index is 0.0250. The van der Waals surface area contributed by atoms with E-state index in [1.807, 2.05) is 19.1 Å². The number of hydrogen-bond acceptors (Lipinski definition) is 8. The number of rotatable bonds is 7. The van der Waals surface area contributed by atoms with Gasteiger partial charge in [0.2, 0.25) is 0 Å².